The average Bonchev–Trinajstić information content (AvgIpc) is 3.50. The number of aromatic amines is 1. The van der Waals surface area contributed by atoms with Crippen LogP contribution >= 0.6 is 0 Å². The van der Waals surface area contributed by atoms with E-state index in [1.165, 1.54) is 0 Å². The van der Waals surface area contributed by atoms with E-state index in [1.807, 2.05) is 47.4 Å². The molecular formula is C25H20N6O. The minimum atomic E-state index is -0.0257. The summed E-state index contributed by atoms with van der Waals surface area (Å²) in [6.07, 6.45) is 5.58. The maximum absolute atomic E-state index is 5.41. The topological polar surface area (TPSA) is 81.5 Å². The summed E-state index contributed by atoms with van der Waals surface area (Å²) >= 11 is 0. The van der Waals surface area contributed by atoms with Gasteiger partial charge in [0.1, 0.15) is 22.4 Å². The summed E-state index contributed by atoms with van der Waals surface area (Å²) in [5, 5.41) is 11.0. The van der Waals surface area contributed by atoms with Crippen molar-refractivity contribution >= 4 is 33.0 Å². The van der Waals surface area contributed by atoms with Gasteiger partial charge in [-0.3, -0.25) is 4.98 Å². The first-order chi connectivity index (χ1) is 15.7. The molecule has 0 bridgehead atoms. The van der Waals surface area contributed by atoms with Gasteiger partial charge in [-0.25, -0.2) is 9.67 Å². The van der Waals surface area contributed by atoms with Crippen molar-refractivity contribution in [3.05, 3.63) is 78.8 Å². The van der Waals surface area contributed by atoms with Crippen LogP contribution in [0.2, 0.25) is 0 Å². The maximum Gasteiger partial charge on any atom is 0.137 e. The number of aromatic nitrogens is 6. The van der Waals surface area contributed by atoms with E-state index in [0.29, 0.717) is 0 Å². The summed E-state index contributed by atoms with van der Waals surface area (Å²) in [7, 11) is 1.68. The van der Waals surface area contributed by atoms with E-state index in [2.05, 4.69) is 56.5 Å². The van der Waals surface area contributed by atoms with Gasteiger partial charge >= 0.3 is 0 Å². The Hall–Kier alpha value is -4.26. The first kappa shape index (κ1) is 18.5. The molecule has 156 valence electrons. The van der Waals surface area contributed by atoms with E-state index in [0.717, 1.165) is 55.4 Å². The van der Waals surface area contributed by atoms with Crippen molar-refractivity contribution < 1.29 is 4.74 Å². The molecule has 0 saturated carbocycles. The fraction of sp³-hybridized carbons (Fsp3) is 0.120. The number of pyridine rings is 2. The molecule has 0 aliphatic carbocycles. The summed E-state index contributed by atoms with van der Waals surface area (Å²) in [4.78, 5) is 12.3. The predicted molar refractivity (Wildman–Crippen MR) is 125 cm³/mol. The second kappa shape index (κ2) is 7.16. The minimum absolute atomic E-state index is 0.0257. The quantitative estimate of drug-likeness (QED) is 0.427. The number of rotatable bonds is 4. The molecule has 0 radical (unpaired) electrons. The fourth-order valence-corrected chi connectivity index (χ4v) is 4.21. The van der Waals surface area contributed by atoms with Gasteiger partial charge in [-0.2, -0.15) is 0 Å². The van der Waals surface area contributed by atoms with E-state index in [1.54, 1.807) is 13.3 Å². The highest BCUT2D eigenvalue weighted by atomic mass is 16.5. The molecule has 0 aliphatic rings. The molecule has 0 aliphatic heterocycles. The molecule has 1 N–H and O–H groups in total. The summed E-state index contributed by atoms with van der Waals surface area (Å²) in [6, 6.07) is 18.5. The Bertz CT molecular complexity index is 1600. The Kier molecular flexibility index (Phi) is 4.14. The van der Waals surface area contributed by atoms with E-state index in [-0.39, 0.29) is 6.04 Å². The van der Waals surface area contributed by atoms with Gasteiger partial charge in [-0.15, -0.1) is 5.10 Å². The van der Waals surface area contributed by atoms with E-state index in [9.17, 15) is 0 Å². The molecule has 0 spiro atoms. The third-order valence-corrected chi connectivity index (χ3v) is 5.97. The van der Waals surface area contributed by atoms with Crippen LogP contribution in [0.1, 0.15) is 18.5 Å². The highest BCUT2D eigenvalue weighted by Gasteiger charge is 2.17. The van der Waals surface area contributed by atoms with Gasteiger partial charge in [-0.05, 0) is 54.4 Å². The third kappa shape index (κ3) is 2.90. The zero-order chi connectivity index (χ0) is 21.7. The van der Waals surface area contributed by atoms with Crippen LogP contribution < -0.4 is 4.74 Å². The van der Waals surface area contributed by atoms with E-state index >= 15 is 0 Å². The Morgan fingerprint density at radius 1 is 0.938 bits per heavy atom. The molecular weight excluding hydrogens is 400 g/mol. The smallest absolute Gasteiger partial charge is 0.137 e. The third-order valence-electron chi connectivity index (χ3n) is 5.97. The number of hydrogen-bond acceptors (Lipinski definition) is 5. The van der Waals surface area contributed by atoms with Crippen molar-refractivity contribution in [2.24, 2.45) is 0 Å². The van der Waals surface area contributed by atoms with Gasteiger partial charge in [-0.1, -0.05) is 23.4 Å². The molecule has 1 atom stereocenters. The molecule has 4 heterocycles. The largest absolute Gasteiger partial charge is 0.497 e. The lowest BCUT2D eigenvalue weighted by molar-refractivity contribution is 0.413. The number of fused-ring (bicyclic) bond motifs is 4. The van der Waals surface area contributed by atoms with Crippen molar-refractivity contribution in [2.45, 2.75) is 13.0 Å². The number of benzene rings is 2. The predicted octanol–water partition coefficient (Wildman–Crippen LogP) is 5.14. The van der Waals surface area contributed by atoms with Gasteiger partial charge in [0, 0.05) is 28.7 Å². The second-order valence-electron chi connectivity index (χ2n) is 7.85. The van der Waals surface area contributed by atoms with Crippen LogP contribution in [0, 0.1) is 0 Å². The van der Waals surface area contributed by atoms with Crippen LogP contribution in [0.3, 0.4) is 0 Å². The molecule has 0 unspecified atom stereocenters. The molecule has 0 saturated heterocycles. The number of methoxy groups -OCH3 is 1. The Morgan fingerprint density at radius 2 is 1.88 bits per heavy atom. The molecule has 7 heteroatoms. The van der Waals surface area contributed by atoms with Crippen LogP contribution in [0.5, 0.6) is 5.75 Å². The lowest BCUT2D eigenvalue weighted by Crippen LogP contribution is -2.09. The first-order valence-electron chi connectivity index (χ1n) is 10.4. The summed E-state index contributed by atoms with van der Waals surface area (Å²) in [5.41, 5.74) is 6.73. The monoisotopic (exact) mass is 420 g/mol. The van der Waals surface area contributed by atoms with E-state index in [4.69, 9.17) is 4.74 Å². The molecule has 0 fully saturated rings. The van der Waals surface area contributed by atoms with Crippen molar-refractivity contribution in [3.8, 4) is 16.9 Å². The molecule has 4 aromatic heterocycles. The van der Waals surface area contributed by atoms with Crippen molar-refractivity contribution in [1.82, 2.24) is 29.9 Å². The fourth-order valence-electron chi connectivity index (χ4n) is 4.21. The van der Waals surface area contributed by atoms with Gasteiger partial charge in [0.05, 0.1) is 24.9 Å². The SMILES string of the molecule is COc1cccc([C@H](C)n2nnc3cnc4ccc(-c5cnc6[nH]ccc6c5)cc4c32)c1. The van der Waals surface area contributed by atoms with Crippen molar-refractivity contribution in [1.29, 1.82) is 0 Å². The van der Waals surface area contributed by atoms with Gasteiger partial charge in [0.25, 0.3) is 0 Å². The number of nitrogens with zero attached hydrogens (tertiary/aromatic N) is 5. The Morgan fingerprint density at radius 3 is 2.78 bits per heavy atom. The van der Waals surface area contributed by atoms with Gasteiger partial charge < -0.3 is 9.72 Å². The highest BCUT2D eigenvalue weighted by molar-refractivity contribution is 6.03. The van der Waals surface area contributed by atoms with Crippen molar-refractivity contribution in [3.63, 3.8) is 0 Å². The maximum atomic E-state index is 5.41. The lowest BCUT2D eigenvalue weighted by atomic mass is 10.0. The minimum Gasteiger partial charge on any atom is -0.497 e. The van der Waals surface area contributed by atoms with Gasteiger partial charge in [0.2, 0.25) is 0 Å². The Labute approximate surface area is 183 Å². The number of hydrogen-bond donors (Lipinski definition) is 1. The number of nitrogens with one attached hydrogen (secondary N) is 1. The zero-order valence-electron chi connectivity index (χ0n) is 17.6. The molecule has 32 heavy (non-hydrogen) atoms. The van der Waals surface area contributed by atoms with Crippen LogP contribution in [0.4, 0.5) is 0 Å². The molecule has 0 amide bonds. The van der Waals surface area contributed by atoms with E-state index < -0.39 is 0 Å². The second-order valence-corrected chi connectivity index (χ2v) is 7.85. The van der Waals surface area contributed by atoms with Crippen molar-refractivity contribution in [2.75, 3.05) is 7.11 Å². The first-order valence-corrected chi connectivity index (χ1v) is 10.4. The summed E-state index contributed by atoms with van der Waals surface area (Å²) < 4.78 is 7.37. The van der Waals surface area contributed by atoms with Crippen LogP contribution in [0.25, 0.3) is 44.1 Å². The molecule has 7 nitrogen and oxygen atoms in total. The van der Waals surface area contributed by atoms with Gasteiger partial charge in [0.15, 0.2) is 0 Å². The number of H-pyrrole nitrogens is 1. The van der Waals surface area contributed by atoms with Crippen LogP contribution in [-0.4, -0.2) is 37.1 Å². The summed E-state index contributed by atoms with van der Waals surface area (Å²) in [5.74, 6) is 0.820. The molecule has 6 aromatic rings. The number of ether oxygens (including phenoxy) is 1. The summed E-state index contributed by atoms with van der Waals surface area (Å²) in [6.45, 7) is 2.11. The Balaban J connectivity index is 1.53. The lowest BCUT2D eigenvalue weighted by Gasteiger charge is -2.15. The standard InChI is InChI=1S/C25H20N6O/c1-15(16-4-3-5-20(11-16)32-2)31-24-21-12-17(6-7-22(21)27-14-23(24)29-30-31)19-10-18-8-9-26-25(18)28-13-19/h3-15H,1-2H3,(H,26,28)/t15-/m0/s1. The zero-order valence-corrected chi connectivity index (χ0v) is 17.6. The molecule has 6 rings (SSSR count). The highest BCUT2D eigenvalue weighted by Crippen LogP contribution is 2.31. The van der Waals surface area contributed by atoms with Crippen LogP contribution in [0.15, 0.2) is 73.2 Å². The normalized spacial score (nSPS) is 12.6. The molecule has 2 aromatic carbocycles. The average molecular weight is 420 g/mol. The van der Waals surface area contributed by atoms with Crippen LogP contribution in [-0.2, 0) is 0 Å².